The molecule has 1 nitrogen and oxygen atoms in total. The summed E-state index contributed by atoms with van der Waals surface area (Å²) in [6, 6.07) is 0. The van der Waals surface area contributed by atoms with Crippen LogP contribution in [0.3, 0.4) is 0 Å². The van der Waals surface area contributed by atoms with E-state index in [0.717, 1.165) is 11.8 Å². The molecule has 0 spiro atoms. The van der Waals surface area contributed by atoms with Crippen molar-refractivity contribution in [2.75, 3.05) is 25.0 Å². The highest BCUT2D eigenvalue weighted by molar-refractivity contribution is 9.09. The second kappa shape index (κ2) is 4.11. The zero-order chi connectivity index (χ0) is 6.97. The van der Waals surface area contributed by atoms with Gasteiger partial charge in [-0.1, -0.05) is 15.9 Å². The molecule has 66 valence electrons. The molecular formula is C8H15BrClN. The third-order valence-corrected chi connectivity index (χ3v) is 3.82. The number of piperidine rings is 3. The summed E-state index contributed by atoms with van der Waals surface area (Å²) in [5, 5.41) is 1.22. The minimum absolute atomic E-state index is 0. The number of rotatable bonds is 1. The van der Waals surface area contributed by atoms with E-state index in [4.69, 9.17) is 0 Å². The van der Waals surface area contributed by atoms with Crippen LogP contribution in [-0.2, 0) is 0 Å². The zero-order valence-electron chi connectivity index (χ0n) is 6.63. The van der Waals surface area contributed by atoms with Crippen LogP contribution < -0.4 is 0 Å². The smallest absolute Gasteiger partial charge is 0.00745 e. The van der Waals surface area contributed by atoms with Crippen molar-refractivity contribution in [1.82, 2.24) is 4.90 Å². The predicted molar refractivity (Wildman–Crippen MR) is 53.7 cm³/mol. The number of hydrogen-bond donors (Lipinski definition) is 0. The van der Waals surface area contributed by atoms with E-state index in [1.54, 1.807) is 0 Å². The second-order valence-corrected chi connectivity index (χ2v) is 4.20. The molecule has 0 aromatic carbocycles. The fourth-order valence-electron chi connectivity index (χ4n) is 2.26. The molecule has 2 bridgehead atoms. The van der Waals surface area contributed by atoms with Gasteiger partial charge in [-0.2, -0.15) is 0 Å². The lowest BCUT2D eigenvalue weighted by Crippen LogP contribution is -2.47. The Bertz CT molecular complexity index is 123. The first-order valence-corrected chi connectivity index (χ1v) is 5.30. The van der Waals surface area contributed by atoms with Gasteiger partial charge in [0.1, 0.15) is 0 Å². The quantitative estimate of drug-likeness (QED) is 0.635. The number of halogens is 2. The minimum atomic E-state index is 0. The van der Waals surface area contributed by atoms with Crippen molar-refractivity contribution in [2.45, 2.75) is 12.8 Å². The molecule has 3 heterocycles. The molecule has 0 N–H and O–H groups in total. The molecule has 3 saturated heterocycles. The van der Waals surface area contributed by atoms with E-state index in [0.29, 0.717) is 0 Å². The van der Waals surface area contributed by atoms with Crippen molar-refractivity contribution < 1.29 is 0 Å². The van der Waals surface area contributed by atoms with Crippen LogP contribution in [0.5, 0.6) is 0 Å². The van der Waals surface area contributed by atoms with Crippen LogP contribution in [0.2, 0.25) is 0 Å². The van der Waals surface area contributed by atoms with E-state index in [1.165, 1.54) is 37.8 Å². The van der Waals surface area contributed by atoms with E-state index < -0.39 is 0 Å². The first-order chi connectivity index (χ1) is 4.90. The maximum absolute atomic E-state index is 3.59. The molecule has 3 aliphatic heterocycles. The molecular weight excluding hydrogens is 225 g/mol. The van der Waals surface area contributed by atoms with Gasteiger partial charge in [0.05, 0.1) is 0 Å². The summed E-state index contributed by atoms with van der Waals surface area (Å²) in [4.78, 5) is 2.60. The molecule has 11 heavy (non-hydrogen) atoms. The Morgan fingerprint density at radius 1 is 1.27 bits per heavy atom. The zero-order valence-corrected chi connectivity index (χ0v) is 9.03. The fraction of sp³-hybridized carbons (Fsp3) is 1.00. The van der Waals surface area contributed by atoms with Gasteiger partial charge in [0.2, 0.25) is 0 Å². The van der Waals surface area contributed by atoms with Crippen LogP contribution in [0.15, 0.2) is 0 Å². The maximum Gasteiger partial charge on any atom is 0.00745 e. The average molecular weight is 241 g/mol. The first kappa shape index (κ1) is 9.82. The molecule has 0 radical (unpaired) electrons. The van der Waals surface area contributed by atoms with Crippen LogP contribution in [0.25, 0.3) is 0 Å². The van der Waals surface area contributed by atoms with Gasteiger partial charge >= 0.3 is 0 Å². The summed E-state index contributed by atoms with van der Waals surface area (Å²) in [7, 11) is 0. The first-order valence-electron chi connectivity index (χ1n) is 4.18. The molecule has 0 amide bonds. The van der Waals surface area contributed by atoms with Crippen molar-refractivity contribution in [2.24, 2.45) is 11.8 Å². The number of hydrogen-bond acceptors (Lipinski definition) is 1. The Morgan fingerprint density at radius 2 is 1.91 bits per heavy atom. The van der Waals surface area contributed by atoms with Crippen molar-refractivity contribution in [3.8, 4) is 0 Å². The van der Waals surface area contributed by atoms with Crippen molar-refractivity contribution >= 4 is 28.3 Å². The Kier molecular flexibility index (Phi) is 3.66. The summed E-state index contributed by atoms with van der Waals surface area (Å²) < 4.78 is 0. The third-order valence-electron chi connectivity index (χ3n) is 2.99. The Labute approximate surface area is 83.1 Å². The van der Waals surface area contributed by atoms with Gasteiger partial charge in [-0.25, -0.2) is 0 Å². The summed E-state index contributed by atoms with van der Waals surface area (Å²) in [6.07, 6.45) is 2.91. The molecule has 3 heteroatoms. The van der Waals surface area contributed by atoms with Crippen LogP contribution in [0, 0.1) is 11.8 Å². The largest absolute Gasteiger partial charge is 0.303 e. The van der Waals surface area contributed by atoms with Gasteiger partial charge in [0.15, 0.2) is 0 Å². The molecule has 1 unspecified atom stereocenters. The van der Waals surface area contributed by atoms with E-state index >= 15 is 0 Å². The summed E-state index contributed by atoms with van der Waals surface area (Å²) >= 11 is 3.59. The lowest BCUT2D eigenvalue weighted by atomic mass is 9.80. The van der Waals surface area contributed by atoms with Gasteiger partial charge < -0.3 is 4.90 Å². The molecule has 0 saturated carbocycles. The topological polar surface area (TPSA) is 3.24 Å². The third kappa shape index (κ3) is 1.90. The number of alkyl halides is 1. The van der Waals surface area contributed by atoms with Crippen molar-refractivity contribution in [3.63, 3.8) is 0 Å². The summed E-state index contributed by atoms with van der Waals surface area (Å²) in [6.45, 7) is 4.10. The van der Waals surface area contributed by atoms with Gasteiger partial charge in [-0.3, -0.25) is 0 Å². The van der Waals surface area contributed by atoms with Crippen molar-refractivity contribution in [3.05, 3.63) is 0 Å². The van der Waals surface area contributed by atoms with Crippen LogP contribution in [-0.4, -0.2) is 29.9 Å². The molecule has 3 fully saturated rings. The van der Waals surface area contributed by atoms with Gasteiger partial charge in [0, 0.05) is 11.9 Å². The Hall–Kier alpha value is 0.730. The SMILES string of the molecule is BrCC1CN2CCC1CC2.Cl. The van der Waals surface area contributed by atoms with Crippen LogP contribution >= 0.6 is 28.3 Å². The highest BCUT2D eigenvalue weighted by Crippen LogP contribution is 2.32. The Morgan fingerprint density at radius 3 is 2.18 bits per heavy atom. The maximum atomic E-state index is 3.59. The monoisotopic (exact) mass is 239 g/mol. The molecule has 0 aromatic heterocycles. The Balaban J connectivity index is 0.000000605. The molecule has 3 aliphatic rings. The average Bonchev–Trinajstić information content (AvgIpc) is 2.06. The lowest BCUT2D eigenvalue weighted by Gasteiger charge is -2.44. The molecule has 0 aliphatic carbocycles. The molecule has 3 rings (SSSR count). The van der Waals surface area contributed by atoms with Gasteiger partial charge in [0.25, 0.3) is 0 Å². The molecule has 1 atom stereocenters. The van der Waals surface area contributed by atoms with E-state index in [1.807, 2.05) is 0 Å². The summed E-state index contributed by atoms with van der Waals surface area (Å²) in [5.41, 5.74) is 0. The highest BCUT2D eigenvalue weighted by Gasteiger charge is 2.32. The van der Waals surface area contributed by atoms with Crippen molar-refractivity contribution in [1.29, 1.82) is 0 Å². The lowest BCUT2D eigenvalue weighted by molar-refractivity contribution is 0.0632. The van der Waals surface area contributed by atoms with E-state index in [-0.39, 0.29) is 12.4 Å². The van der Waals surface area contributed by atoms with Gasteiger partial charge in [-0.15, -0.1) is 12.4 Å². The number of nitrogens with zero attached hydrogens (tertiary/aromatic N) is 1. The molecule has 0 aromatic rings. The highest BCUT2D eigenvalue weighted by atomic mass is 79.9. The number of fused-ring (bicyclic) bond motifs is 3. The minimum Gasteiger partial charge on any atom is -0.303 e. The fourth-order valence-corrected chi connectivity index (χ4v) is 3.00. The van der Waals surface area contributed by atoms with E-state index in [9.17, 15) is 0 Å². The summed E-state index contributed by atoms with van der Waals surface area (Å²) in [5.74, 6) is 2.01. The van der Waals surface area contributed by atoms with Gasteiger partial charge in [-0.05, 0) is 37.8 Å². The van der Waals surface area contributed by atoms with Crippen LogP contribution in [0.1, 0.15) is 12.8 Å². The second-order valence-electron chi connectivity index (χ2n) is 3.55. The standard InChI is InChI=1S/C8H14BrN.ClH/c9-5-8-6-10-3-1-7(8)2-4-10;/h7-8H,1-6H2;1H. The van der Waals surface area contributed by atoms with Crippen LogP contribution in [0.4, 0.5) is 0 Å². The normalized spacial score (nSPS) is 41.7. The van der Waals surface area contributed by atoms with E-state index in [2.05, 4.69) is 20.8 Å². The predicted octanol–water partition coefficient (Wildman–Crippen LogP) is 2.14.